The van der Waals surface area contributed by atoms with Crippen molar-refractivity contribution in [3.05, 3.63) is 28.2 Å². The molecule has 0 radical (unpaired) electrons. The van der Waals surface area contributed by atoms with Gasteiger partial charge in [-0.05, 0) is 30.4 Å². The third-order valence-electron chi connectivity index (χ3n) is 2.42. The standard InChI is InChI=1S/C9H12N2O2/c10-8(5-1-2-5)6-3-7(12)9(13)11-4-6/h3-5,8,12H,1-2,10H2,(H,11,13)/t8-/m0/s1. The number of H-pyrrole nitrogens is 1. The Balaban J connectivity index is 2.29. The summed E-state index contributed by atoms with van der Waals surface area (Å²) in [5.41, 5.74) is 6.23. The number of aromatic hydroxyl groups is 1. The normalized spacial score (nSPS) is 18.5. The highest BCUT2D eigenvalue weighted by Gasteiger charge is 2.29. The molecule has 0 spiro atoms. The molecule has 1 aliphatic rings. The van der Waals surface area contributed by atoms with Gasteiger partial charge in [0.1, 0.15) is 0 Å². The third-order valence-corrected chi connectivity index (χ3v) is 2.42. The molecule has 70 valence electrons. The molecule has 4 N–H and O–H groups in total. The van der Waals surface area contributed by atoms with E-state index in [9.17, 15) is 4.79 Å². The van der Waals surface area contributed by atoms with Crippen LogP contribution >= 0.6 is 0 Å². The van der Waals surface area contributed by atoms with Gasteiger partial charge < -0.3 is 15.8 Å². The Morgan fingerprint density at radius 1 is 1.62 bits per heavy atom. The van der Waals surface area contributed by atoms with E-state index in [4.69, 9.17) is 10.8 Å². The largest absolute Gasteiger partial charge is 0.503 e. The molecule has 1 fully saturated rings. The minimum absolute atomic E-state index is 0.0530. The zero-order valence-electron chi connectivity index (χ0n) is 7.16. The van der Waals surface area contributed by atoms with Crippen LogP contribution in [-0.2, 0) is 0 Å². The van der Waals surface area contributed by atoms with Crippen LogP contribution in [0.15, 0.2) is 17.1 Å². The van der Waals surface area contributed by atoms with Gasteiger partial charge in [0.25, 0.3) is 5.56 Å². The number of hydrogen-bond donors (Lipinski definition) is 3. The quantitative estimate of drug-likeness (QED) is 0.619. The Morgan fingerprint density at radius 3 is 2.85 bits per heavy atom. The van der Waals surface area contributed by atoms with Crippen molar-refractivity contribution in [2.75, 3.05) is 0 Å². The van der Waals surface area contributed by atoms with E-state index in [2.05, 4.69) is 4.98 Å². The van der Waals surface area contributed by atoms with Crippen molar-refractivity contribution in [1.29, 1.82) is 0 Å². The van der Waals surface area contributed by atoms with Gasteiger partial charge in [0.15, 0.2) is 5.75 Å². The van der Waals surface area contributed by atoms with Crippen LogP contribution in [0.4, 0.5) is 0 Å². The molecule has 0 amide bonds. The topological polar surface area (TPSA) is 79.1 Å². The van der Waals surface area contributed by atoms with Crippen LogP contribution in [0.2, 0.25) is 0 Å². The molecule has 0 aromatic carbocycles. The van der Waals surface area contributed by atoms with Crippen molar-refractivity contribution >= 4 is 0 Å². The van der Waals surface area contributed by atoms with E-state index < -0.39 is 5.56 Å². The summed E-state index contributed by atoms with van der Waals surface area (Å²) < 4.78 is 0. The lowest BCUT2D eigenvalue weighted by Crippen LogP contribution is -2.15. The number of pyridine rings is 1. The van der Waals surface area contributed by atoms with Gasteiger partial charge in [0.05, 0.1) is 0 Å². The molecular weight excluding hydrogens is 168 g/mol. The molecule has 1 atom stereocenters. The van der Waals surface area contributed by atoms with Gasteiger partial charge in [0.2, 0.25) is 0 Å². The monoisotopic (exact) mass is 180 g/mol. The number of hydrogen-bond acceptors (Lipinski definition) is 3. The number of aromatic amines is 1. The fourth-order valence-corrected chi connectivity index (χ4v) is 1.41. The Bertz CT molecular complexity index is 368. The van der Waals surface area contributed by atoms with E-state index in [0.717, 1.165) is 18.4 Å². The summed E-state index contributed by atoms with van der Waals surface area (Å²) in [6, 6.07) is 1.39. The van der Waals surface area contributed by atoms with Gasteiger partial charge in [0, 0.05) is 12.2 Å². The maximum atomic E-state index is 10.8. The van der Waals surface area contributed by atoms with E-state index >= 15 is 0 Å². The summed E-state index contributed by atoms with van der Waals surface area (Å²) in [5, 5.41) is 9.15. The minimum Gasteiger partial charge on any atom is -0.503 e. The van der Waals surface area contributed by atoms with Gasteiger partial charge in [-0.3, -0.25) is 4.79 Å². The first kappa shape index (κ1) is 8.31. The molecule has 1 aromatic rings. The van der Waals surface area contributed by atoms with Crippen LogP contribution in [0.5, 0.6) is 5.75 Å². The number of aromatic nitrogens is 1. The van der Waals surface area contributed by atoms with Crippen LogP contribution < -0.4 is 11.3 Å². The molecular formula is C9H12N2O2. The van der Waals surface area contributed by atoms with Crippen molar-refractivity contribution in [1.82, 2.24) is 4.98 Å². The van der Waals surface area contributed by atoms with E-state index in [1.807, 2.05) is 0 Å². The van der Waals surface area contributed by atoms with Crippen molar-refractivity contribution in [3.8, 4) is 5.75 Å². The highest BCUT2D eigenvalue weighted by atomic mass is 16.3. The number of nitrogens with one attached hydrogen (secondary N) is 1. The third kappa shape index (κ3) is 1.58. The smallest absolute Gasteiger partial charge is 0.290 e. The predicted molar refractivity (Wildman–Crippen MR) is 48.4 cm³/mol. The second kappa shape index (κ2) is 2.88. The fourth-order valence-electron chi connectivity index (χ4n) is 1.41. The first-order chi connectivity index (χ1) is 6.18. The van der Waals surface area contributed by atoms with Crippen molar-refractivity contribution < 1.29 is 5.11 Å². The summed E-state index contributed by atoms with van der Waals surface area (Å²) in [5.74, 6) is 0.263. The van der Waals surface area contributed by atoms with Crippen molar-refractivity contribution in [3.63, 3.8) is 0 Å². The lowest BCUT2D eigenvalue weighted by atomic mass is 10.1. The summed E-state index contributed by atoms with van der Waals surface area (Å²) in [6.45, 7) is 0. The Kier molecular flexibility index (Phi) is 1.84. The Hall–Kier alpha value is -1.29. The summed E-state index contributed by atoms with van der Waals surface area (Å²) >= 11 is 0. The lowest BCUT2D eigenvalue weighted by Gasteiger charge is -2.09. The Labute approximate surface area is 75.4 Å². The predicted octanol–water partition coefficient (Wildman–Crippen LogP) is 0.490. The molecule has 0 aliphatic heterocycles. The van der Waals surface area contributed by atoms with Crippen LogP contribution in [0.3, 0.4) is 0 Å². The summed E-state index contributed by atoms with van der Waals surface area (Å²) in [6.07, 6.45) is 3.85. The Morgan fingerprint density at radius 2 is 2.31 bits per heavy atom. The summed E-state index contributed by atoms with van der Waals surface area (Å²) in [7, 11) is 0. The molecule has 1 aliphatic carbocycles. The van der Waals surface area contributed by atoms with Gasteiger partial charge in [-0.15, -0.1) is 0 Å². The fraction of sp³-hybridized carbons (Fsp3) is 0.444. The zero-order chi connectivity index (χ0) is 9.42. The first-order valence-electron chi connectivity index (χ1n) is 4.35. The molecule has 4 nitrogen and oxygen atoms in total. The number of nitrogens with two attached hydrogens (primary N) is 1. The van der Waals surface area contributed by atoms with Crippen LogP contribution in [0.1, 0.15) is 24.4 Å². The average Bonchev–Trinajstić information content (AvgIpc) is 2.91. The van der Waals surface area contributed by atoms with Gasteiger partial charge >= 0.3 is 0 Å². The molecule has 0 saturated heterocycles. The molecule has 1 aromatic heterocycles. The first-order valence-corrected chi connectivity index (χ1v) is 4.35. The zero-order valence-corrected chi connectivity index (χ0v) is 7.16. The van der Waals surface area contributed by atoms with Crippen LogP contribution in [0.25, 0.3) is 0 Å². The SMILES string of the molecule is N[C@H](c1c[nH]c(=O)c(O)c1)C1CC1. The molecule has 13 heavy (non-hydrogen) atoms. The molecule has 0 bridgehead atoms. The molecule has 4 heteroatoms. The van der Waals surface area contributed by atoms with Crippen molar-refractivity contribution in [2.45, 2.75) is 18.9 Å². The lowest BCUT2D eigenvalue weighted by molar-refractivity contribution is 0.463. The second-order valence-electron chi connectivity index (χ2n) is 3.51. The highest BCUT2D eigenvalue weighted by molar-refractivity contribution is 5.25. The number of rotatable bonds is 2. The van der Waals surface area contributed by atoms with Crippen LogP contribution in [0, 0.1) is 5.92 Å². The highest BCUT2D eigenvalue weighted by Crippen LogP contribution is 2.39. The summed E-state index contributed by atoms with van der Waals surface area (Å²) in [4.78, 5) is 13.3. The molecule has 1 heterocycles. The van der Waals surface area contributed by atoms with E-state index in [-0.39, 0.29) is 11.8 Å². The van der Waals surface area contributed by atoms with Gasteiger partial charge in [-0.25, -0.2) is 0 Å². The molecule has 1 saturated carbocycles. The molecule has 2 rings (SSSR count). The molecule has 0 unspecified atom stereocenters. The average molecular weight is 180 g/mol. The van der Waals surface area contributed by atoms with E-state index in [0.29, 0.717) is 5.92 Å². The minimum atomic E-state index is -0.466. The van der Waals surface area contributed by atoms with Crippen molar-refractivity contribution in [2.24, 2.45) is 11.7 Å². The van der Waals surface area contributed by atoms with Crippen LogP contribution in [-0.4, -0.2) is 10.1 Å². The van der Waals surface area contributed by atoms with Gasteiger partial charge in [-0.1, -0.05) is 0 Å². The maximum absolute atomic E-state index is 10.8. The van der Waals surface area contributed by atoms with Gasteiger partial charge in [-0.2, -0.15) is 0 Å². The van der Waals surface area contributed by atoms with E-state index in [1.165, 1.54) is 6.07 Å². The maximum Gasteiger partial charge on any atom is 0.290 e. The van der Waals surface area contributed by atoms with E-state index in [1.54, 1.807) is 6.20 Å². The second-order valence-corrected chi connectivity index (χ2v) is 3.51.